The maximum atomic E-state index is 3.56. The predicted molar refractivity (Wildman–Crippen MR) is 74.9 cm³/mol. The van der Waals surface area contributed by atoms with Crippen LogP contribution in [0.2, 0.25) is 0 Å². The van der Waals surface area contributed by atoms with E-state index < -0.39 is 0 Å². The summed E-state index contributed by atoms with van der Waals surface area (Å²) < 4.78 is 0. The van der Waals surface area contributed by atoms with Crippen molar-refractivity contribution >= 4 is 18.1 Å². The Labute approximate surface area is 110 Å². The number of anilines is 1. The SMILES string of the molecule is Cl.c1cc2c(c(CNCCC3CC3)c1)NCC2. The molecular weight excluding hydrogens is 232 g/mol. The minimum absolute atomic E-state index is 0. The molecule has 2 aliphatic rings. The van der Waals surface area contributed by atoms with E-state index in [0.29, 0.717) is 0 Å². The summed E-state index contributed by atoms with van der Waals surface area (Å²) in [6.45, 7) is 3.30. The van der Waals surface area contributed by atoms with Crippen molar-refractivity contribution in [1.82, 2.24) is 5.32 Å². The summed E-state index contributed by atoms with van der Waals surface area (Å²) in [7, 11) is 0. The molecule has 17 heavy (non-hydrogen) atoms. The number of halogens is 1. The first-order valence-corrected chi connectivity index (χ1v) is 6.49. The Morgan fingerprint density at radius 3 is 3.00 bits per heavy atom. The van der Waals surface area contributed by atoms with Gasteiger partial charge in [-0.05, 0) is 36.4 Å². The van der Waals surface area contributed by atoms with Crippen LogP contribution in [0.15, 0.2) is 18.2 Å². The fourth-order valence-electron chi connectivity index (χ4n) is 2.49. The van der Waals surface area contributed by atoms with Crippen molar-refractivity contribution in [3.05, 3.63) is 29.3 Å². The van der Waals surface area contributed by atoms with Crippen LogP contribution in [0.25, 0.3) is 0 Å². The lowest BCUT2D eigenvalue weighted by molar-refractivity contribution is 0.613. The fourth-order valence-corrected chi connectivity index (χ4v) is 2.49. The Morgan fingerprint density at radius 2 is 2.18 bits per heavy atom. The number of para-hydroxylation sites is 1. The smallest absolute Gasteiger partial charge is 0.0419 e. The monoisotopic (exact) mass is 252 g/mol. The lowest BCUT2D eigenvalue weighted by Crippen LogP contribution is -2.16. The van der Waals surface area contributed by atoms with Gasteiger partial charge in [-0.2, -0.15) is 0 Å². The molecule has 3 rings (SSSR count). The molecular formula is C14H21ClN2. The van der Waals surface area contributed by atoms with Crippen LogP contribution < -0.4 is 10.6 Å². The lowest BCUT2D eigenvalue weighted by Gasteiger charge is -2.09. The summed E-state index contributed by atoms with van der Waals surface area (Å²) >= 11 is 0. The molecule has 0 bridgehead atoms. The first kappa shape index (κ1) is 12.7. The molecule has 1 aliphatic heterocycles. The van der Waals surface area contributed by atoms with E-state index in [1.54, 1.807) is 0 Å². The summed E-state index contributed by atoms with van der Waals surface area (Å²) in [5.41, 5.74) is 4.31. The zero-order valence-corrected chi connectivity index (χ0v) is 11.0. The molecule has 2 nitrogen and oxygen atoms in total. The van der Waals surface area contributed by atoms with E-state index in [2.05, 4.69) is 28.8 Å². The number of hydrogen-bond donors (Lipinski definition) is 2. The van der Waals surface area contributed by atoms with Crippen molar-refractivity contribution in [2.24, 2.45) is 5.92 Å². The van der Waals surface area contributed by atoms with Gasteiger partial charge in [0.05, 0.1) is 0 Å². The minimum atomic E-state index is 0. The summed E-state index contributed by atoms with van der Waals surface area (Å²) in [5, 5.41) is 7.05. The topological polar surface area (TPSA) is 24.1 Å². The van der Waals surface area contributed by atoms with Gasteiger partial charge >= 0.3 is 0 Å². The third-order valence-electron chi connectivity index (χ3n) is 3.67. The van der Waals surface area contributed by atoms with E-state index >= 15 is 0 Å². The summed E-state index contributed by atoms with van der Waals surface area (Å²) in [6, 6.07) is 6.66. The molecule has 1 fully saturated rings. The maximum Gasteiger partial charge on any atom is 0.0419 e. The van der Waals surface area contributed by atoms with Crippen molar-refractivity contribution in [2.75, 3.05) is 18.4 Å². The summed E-state index contributed by atoms with van der Waals surface area (Å²) in [6.07, 6.45) is 5.47. The number of hydrogen-bond acceptors (Lipinski definition) is 2. The lowest BCUT2D eigenvalue weighted by atomic mass is 10.1. The summed E-state index contributed by atoms with van der Waals surface area (Å²) in [4.78, 5) is 0. The van der Waals surface area contributed by atoms with Crippen LogP contribution in [-0.4, -0.2) is 13.1 Å². The quantitative estimate of drug-likeness (QED) is 0.788. The van der Waals surface area contributed by atoms with Gasteiger partial charge in [0, 0.05) is 18.8 Å². The molecule has 1 aliphatic carbocycles. The highest BCUT2D eigenvalue weighted by atomic mass is 35.5. The molecule has 0 spiro atoms. The molecule has 0 atom stereocenters. The minimum Gasteiger partial charge on any atom is -0.384 e. The Hall–Kier alpha value is -0.730. The average Bonchev–Trinajstić information content (AvgIpc) is 3.00. The van der Waals surface area contributed by atoms with Gasteiger partial charge in [-0.1, -0.05) is 31.0 Å². The number of fused-ring (bicyclic) bond motifs is 1. The van der Waals surface area contributed by atoms with Crippen LogP contribution in [0.3, 0.4) is 0 Å². The normalized spacial score (nSPS) is 17.2. The van der Waals surface area contributed by atoms with Crippen molar-refractivity contribution in [2.45, 2.75) is 32.2 Å². The van der Waals surface area contributed by atoms with Gasteiger partial charge in [-0.25, -0.2) is 0 Å². The van der Waals surface area contributed by atoms with Gasteiger partial charge in [0.1, 0.15) is 0 Å². The molecule has 1 aromatic carbocycles. The fraction of sp³-hybridized carbons (Fsp3) is 0.571. The number of benzene rings is 1. The van der Waals surface area contributed by atoms with Crippen LogP contribution in [0.5, 0.6) is 0 Å². The first-order chi connectivity index (χ1) is 7.93. The molecule has 2 N–H and O–H groups in total. The Balaban J connectivity index is 0.00000108. The van der Waals surface area contributed by atoms with E-state index in [4.69, 9.17) is 0 Å². The van der Waals surface area contributed by atoms with E-state index in [9.17, 15) is 0 Å². The molecule has 1 heterocycles. The molecule has 1 aromatic rings. The zero-order chi connectivity index (χ0) is 10.8. The number of rotatable bonds is 5. The average molecular weight is 253 g/mol. The van der Waals surface area contributed by atoms with Gasteiger partial charge in [0.15, 0.2) is 0 Å². The van der Waals surface area contributed by atoms with Crippen LogP contribution in [0, 0.1) is 5.92 Å². The molecule has 1 saturated carbocycles. The van der Waals surface area contributed by atoms with Crippen molar-refractivity contribution in [3.8, 4) is 0 Å². The van der Waals surface area contributed by atoms with E-state index in [-0.39, 0.29) is 12.4 Å². The highest BCUT2D eigenvalue weighted by Gasteiger charge is 2.20. The molecule has 3 heteroatoms. The van der Waals surface area contributed by atoms with E-state index in [1.165, 1.54) is 49.0 Å². The zero-order valence-electron chi connectivity index (χ0n) is 10.2. The largest absolute Gasteiger partial charge is 0.384 e. The second kappa shape index (κ2) is 5.74. The molecule has 0 unspecified atom stereocenters. The molecule has 94 valence electrons. The third-order valence-corrected chi connectivity index (χ3v) is 3.67. The van der Waals surface area contributed by atoms with Gasteiger partial charge in [-0.15, -0.1) is 12.4 Å². The predicted octanol–water partition coefficient (Wildman–Crippen LogP) is 2.97. The standard InChI is InChI=1S/C14H20N2.ClH/c1-2-12-7-9-16-14(12)13(3-1)10-15-8-6-11-4-5-11;/h1-3,11,15-16H,4-10H2;1H. The van der Waals surface area contributed by atoms with Gasteiger partial charge in [0.2, 0.25) is 0 Å². The van der Waals surface area contributed by atoms with Gasteiger partial charge in [-0.3, -0.25) is 0 Å². The van der Waals surface area contributed by atoms with E-state index in [0.717, 1.165) is 19.0 Å². The molecule has 0 amide bonds. The van der Waals surface area contributed by atoms with Gasteiger partial charge < -0.3 is 10.6 Å². The van der Waals surface area contributed by atoms with Crippen molar-refractivity contribution < 1.29 is 0 Å². The molecule has 0 radical (unpaired) electrons. The molecule has 0 aromatic heterocycles. The van der Waals surface area contributed by atoms with Crippen molar-refractivity contribution in [3.63, 3.8) is 0 Å². The van der Waals surface area contributed by atoms with Crippen LogP contribution in [0.1, 0.15) is 30.4 Å². The Kier molecular flexibility index (Phi) is 4.30. The highest BCUT2D eigenvalue weighted by Crippen LogP contribution is 2.31. The first-order valence-electron chi connectivity index (χ1n) is 6.49. The second-order valence-electron chi connectivity index (χ2n) is 5.04. The Bertz CT molecular complexity index is 374. The van der Waals surface area contributed by atoms with E-state index in [1.807, 2.05) is 0 Å². The summed E-state index contributed by atoms with van der Waals surface area (Å²) in [5.74, 6) is 1.03. The van der Waals surface area contributed by atoms with Crippen LogP contribution in [-0.2, 0) is 13.0 Å². The number of nitrogens with one attached hydrogen (secondary N) is 2. The second-order valence-corrected chi connectivity index (χ2v) is 5.04. The van der Waals surface area contributed by atoms with Crippen molar-refractivity contribution in [1.29, 1.82) is 0 Å². The Morgan fingerprint density at radius 1 is 1.29 bits per heavy atom. The third kappa shape index (κ3) is 3.14. The van der Waals surface area contributed by atoms with Crippen LogP contribution >= 0.6 is 12.4 Å². The molecule has 0 saturated heterocycles. The highest BCUT2D eigenvalue weighted by molar-refractivity contribution is 5.85. The maximum absolute atomic E-state index is 3.56. The van der Waals surface area contributed by atoms with Gasteiger partial charge in [0.25, 0.3) is 0 Å². The van der Waals surface area contributed by atoms with Crippen LogP contribution in [0.4, 0.5) is 5.69 Å².